The van der Waals surface area contributed by atoms with Crippen LogP contribution in [0.3, 0.4) is 0 Å². The SMILES string of the molecule is CC(C)[C@@H](CN(CC1CC1)S(=O)(=O)c1ccccc1)NC(=O)N[C@H](C(=O)N1C[C@H]2[C@@H]([C@H]1C(=O)NC(C(=O)C(N)=O)C1CCC1)C2(C)C)C(C)(C)C. The van der Waals surface area contributed by atoms with Crippen LogP contribution >= 0.6 is 0 Å². The van der Waals surface area contributed by atoms with Gasteiger partial charge in [0, 0.05) is 25.7 Å². The number of carbonyl (C=O) groups is 5. The van der Waals surface area contributed by atoms with Crippen LogP contribution in [0.15, 0.2) is 35.2 Å². The highest BCUT2D eigenvalue weighted by molar-refractivity contribution is 7.89. The van der Waals surface area contributed by atoms with Gasteiger partial charge in [-0.05, 0) is 78.2 Å². The van der Waals surface area contributed by atoms with Gasteiger partial charge in [0.15, 0.2) is 0 Å². The van der Waals surface area contributed by atoms with Crippen LogP contribution in [-0.2, 0) is 29.2 Å². The molecule has 1 unspecified atom stereocenters. The molecule has 5 N–H and O–H groups in total. The standard InChI is InChI=1S/C37H56N6O7S/c1-21(2)26(20-42(18-22-16-17-22)51(49,50)24-14-9-8-10-15-24)39-35(48)41-31(36(3,4)5)34(47)43-19-25-27(37(25,6)7)29(43)33(46)40-28(23-12-11-13-23)30(44)32(38)45/h8-10,14-15,21-23,25-29,31H,11-13,16-20H2,1-7H3,(H2,38,45)(H,40,46)(H2,39,41,48)/t25-,26+,27-,28?,29-,31+/m0/s1. The number of ketones is 1. The minimum atomic E-state index is -3.82. The number of likely N-dealkylation sites (tertiary alicyclic amines) is 1. The number of amides is 5. The fraction of sp³-hybridized carbons (Fsp3) is 0.703. The molecule has 1 saturated heterocycles. The Morgan fingerprint density at radius 1 is 0.980 bits per heavy atom. The molecule has 5 rings (SSSR count). The highest BCUT2D eigenvalue weighted by Crippen LogP contribution is 2.65. The van der Waals surface area contributed by atoms with Gasteiger partial charge in [-0.2, -0.15) is 4.31 Å². The van der Waals surface area contributed by atoms with Crippen molar-refractivity contribution in [3.05, 3.63) is 30.3 Å². The van der Waals surface area contributed by atoms with Crippen molar-refractivity contribution in [1.29, 1.82) is 0 Å². The molecule has 1 heterocycles. The first-order valence-corrected chi connectivity index (χ1v) is 19.8. The van der Waals surface area contributed by atoms with E-state index in [1.807, 2.05) is 48.5 Å². The Kier molecular flexibility index (Phi) is 11.0. The van der Waals surface area contributed by atoms with E-state index in [4.69, 9.17) is 5.73 Å². The lowest BCUT2D eigenvalue weighted by molar-refractivity contribution is -0.145. The quantitative estimate of drug-likeness (QED) is 0.200. The lowest BCUT2D eigenvalue weighted by Crippen LogP contribution is -2.63. The predicted molar refractivity (Wildman–Crippen MR) is 191 cm³/mol. The second-order valence-electron chi connectivity index (χ2n) is 17.1. The van der Waals surface area contributed by atoms with Crippen molar-refractivity contribution in [3.63, 3.8) is 0 Å². The molecule has 3 saturated carbocycles. The van der Waals surface area contributed by atoms with Gasteiger partial charge in [-0.3, -0.25) is 19.2 Å². The van der Waals surface area contributed by atoms with Crippen LogP contribution in [0, 0.1) is 40.4 Å². The number of nitrogens with zero attached hydrogens (tertiary/aromatic N) is 2. The Morgan fingerprint density at radius 2 is 1.61 bits per heavy atom. The van der Waals surface area contributed by atoms with Crippen LogP contribution in [0.2, 0.25) is 0 Å². The molecule has 51 heavy (non-hydrogen) atoms. The van der Waals surface area contributed by atoms with E-state index in [2.05, 4.69) is 16.0 Å². The van der Waals surface area contributed by atoms with E-state index in [1.165, 1.54) is 9.21 Å². The minimum Gasteiger partial charge on any atom is -0.363 e. The summed E-state index contributed by atoms with van der Waals surface area (Å²) < 4.78 is 28.9. The van der Waals surface area contributed by atoms with Gasteiger partial charge < -0.3 is 26.6 Å². The van der Waals surface area contributed by atoms with Gasteiger partial charge in [-0.15, -0.1) is 0 Å². The number of urea groups is 1. The number of fused-ring (bicyclic) bond motifs is 1. The maximum absolute atomic E-state index is 14.4. The average Bonchev–Trinajstić information content (AvgIpc) is 3.88. The van der Waals surface area contributed by atoms with Crippen LogP contribution in [0.4, 0.5) is 4.79 Å². The summed E-state index contributed by atoms with van der Waals surface area (Å²) in [6, 6.07) is 4.12. The molecular formula is C37H56N6O7S. The number of nitrogens with two attached hydrogens (primary N) is 1. The molecule has 0 aromatic heterocycles. The molecule has 13 nitrogen and oxygen atoms in total. The fourth-order valence-corrected chi connectivity index (χ4v) is 9.34. The topological polar surface area (TPSA) is 188 Å². The second-order valence-corrected chi connectivity index (χ2v) is 19.1. The third kappa shape index (κ3) is 8.27. The lowest BCUT2D eigenvalue weighted by atomic mass is 9.78. The van der Waals surface area contributed by atoms with Gasteiger partial charge in [-0.1, -0.05) is 73.1 Å². The smallest absolute Gasteiger partial charge is 0.315 e. The van der Waals surface area contributed by atoms with Gasteiger partial charge in [0.1, 0.15) is 18.1 Å². The third-order valence-electron chi connectivity index (χ3n) is 11.7. The van der Waals surface area contributed by atoms with E-state index in [0.717, 1.165) is 19.3 Å². The van der Waals surface area contributed by atoms with Gasteiger partial charge in [0.05, 0.1) is 4.90 Å². The first-order chi connectivity index (χ1) is 23.7. The van der Waals surface area contributed by atoms with Crippen LogP contribution in [0.1, 0.15) is 80.6 Å². The Morgan fingerprint density at radius 3 is 2.12 bits per heavy atom. The highest BCUT2D eigenvalue weighted by Gasteiger charge is 2.70. The van der Waals surface area contributed by atoms with Gasteiger partial charge in [-0.25, -0.2) is 13.2 Å². The summed E-state index contributed by atoms with van der Waals surface area (Å²) in [6.45, 7) is 14.1. The largest absolute Gasteiger partial charge is 0.363 e. The van der Waals surface area contributed by atoms with E-state index in [1.54, 1.807) is 30.3 Å². The number of benzene rings is 1. The summed E-state index contributed by atoms with van der Waals surface area (Å²) in [4.78, 5) is 68.5. The second kappa shape index (κ2) is 14.5. The summed E-state index contributed by atoms with van der Waals surface area (Å²) in [6.07, 6.45) is 4.16. The zero-order valence-electron chi connectivity index (χ0n) is 31.0. The van der Waals surface area contributed by atoms with Gasteiger partial charge in [0.25, 0.3) is 5.91 Å². The number of primary amides is 1. The monoisotopic (exact) mass is 728 g/mol. The summed E-state index contributed by atoms with van der Waals surface area (Å²) in [5.41, 5.74) is 4.36. The molecule has 1 aromatic carbocycles. The molecule has 6 atom stereocenters. The van der Waals surface area contributed by atoms with Crippen LogP contribution in [0.25, 0.3) is 0 Å². The Hall–Kier alpha value is -3.52. The lowest BCUT2D eigenvalue weighted by Gasteiger charge is -2.39. The molecule has 282 valence electrons. The minimum absolute atomic E-state index is 0.0509. The number of Topliss-reactive ketones (excluding diaryl/α,β-unsaturated/α-hetero) is 1. The Bertz CT molecular complexity index is 1620. The number of hydrogen-bond acceptors (Lipinski definition) is 7. The van der Waals surface area contributed by atoms with E-state index < -0.39 is 69.1 Å². The van der Waals surface area contributed by atoms with Crippen molar-refractivity contribution < 1.29 is 32.4 Å². The van der Waals surface area contributed by atoms with Crippen molar-refractivity contribution in [3.8, 4) is 0 Å². The van der Waals surface area contributed by atoms with E-state index in [0.29, 0.717) is 25.9 Å². The summed E-state index contributed by atoms with van der Waals surface area (Å²) in [5, 5.41) is 8.65. The average molecular weight is 729 g/mol. The number of rotatable bonds is 15. The molecule has 14 heteroatoms. The zero-order valence-corrected chi connectivity index (χ0v) is 31.8. The molecule has 4 aliphatic rings. The van der Waals surface area contributed by atoms with Crippen LogP contribution in [0.5, 0.6) is 0 Å². The number of sulfonamides is 1. The van der Waals surface area contributed by atoms with Crippen molar-refractivity contribution in [1.82, 2.24) is 25.2 Å². The van der Waals surface area contributed by atoms with Crippen molar-refractivity contribution >= 4 is 39.6 Å². The van der Waals surface area contributed by atoms with E-state index in [9.17, 15) is 32.4 Å². The van der Waals surface area contributed by atoms with Gasteiger partial charge in [0.2, 0.25) is 27.6 Å². The maximum atomic E-state index is 14.4. The first kappa shape index (κ1) is 38.7. The first-order valence-electron chi connectivity index (χ1n) is 18.3. The zero-order chi connectivity index (χ0) is 37.6. The molecule has 1 aromatic rings. The third-order valence-corrected chi connectivity index (χ3v) is 13.5. The van der Waals surface area contributed by atoms with Gasteiger partial charge >= 0.3 is 6.03 Å². The molecule has 0 bridgehead atoms. The van der Waals surface area contributed by atoms with E-state index >= 15 is 0 Å². The normalized spacial score (nSPS) is 24.6. The number of carbonyl (C=O) groups excluding carboxylic acids is 5. The van der Waals surface area contributed by atoms with Crippen LogP contribution in [-0.4, -0.2) is 91.0 Å². The maximum Gasteiger partial charge on any atom is 0.315 e. The summed E-state index contributed by atoms with van der Waals surface area (Å²) in [7, 11) is -3.82. The van der Waals surface area contributed by atoms with E-state index in [-0.39, 0.29) is 46.4 Å². The number of nitrogens with one attached hydrogen (secondary N) is 3. The summed E-state index contributed by atoms with van der Waals surface area (Å²) in [5.74, 6) is -3.03. The van der Waals surface area contributed by atoms with Crippen molar-refractivity contribution in [2.45, 2.75) is 110 Å². The highest BCUT2D eigenvalue weighted by atomic mass is 32.2. The number of hydrogen-bond donors (Lipinski definition) is 4. The number of piperidine rings is 1. The van der Waals surface area contributed by atoms with Crippen molar-refractivity contribution in [2.75, 3.05) is 19.6 Å². The Balaban J connectivity index is 1.32. The molecule has 4 fully saturated rings. The Labute approximate surface area is 302 Å². The predicted octanol–water partition coefficient (Wildman–Crippen LogP) is 2.65. The molecular weight excluding hydrogens is 673 g/mol. The fourth-order valence-electron chi connectivity index (χ4n) is 7.77. The van der Waals surface area contributed by atoms with Crippen LogP contribution < -0.4 is 21.7 Å². The molecule has 1 aliphatic heterocycles. The molecule has 5 amide bonds. The molecule has 0 radical (unpaired) electrons. The molecule has 3 aliphatic carbocycles. The summed E-state index contributed by atoms with van der Waals surface area (Å²) >= 11 is 0. The molecule has 0 spiro atoms. The van der Waals surface area contributed by atoms with Crippen molar-refractivity contribution in [2.24, 2.45) is 46.2 Å².